The van der Waals surface area contributed by atoms with Crippen molar-refractivity contribution >= 4 is 5.97 Å². The molecule has 0 aromatic heterocycles. The molecule has 3 heteroatoms. The number of rotatable bonds is 0. The highest BCUT2D eigenvalue weighted by molar-refractivity contribution is 5.73. The van der Waals surface area contributed by atoms with E-state index in [1.54, 1.807) is 0 Å². The van der Waals surface area contributed by atoms with E-state index in [0.29, 0.717) is 0 Å². The van der Waals surface area contributed by atoms with E-state index in [2.05, 4.69) is 0 Å². The third-order valence-electron chi connectivity index (χ3n) is 3.23. The smallest absolute Gasteiger partial charge is 0.309 e. The molecule has 1 saturated carbocycles. The first-order valence-corrected chi connectivity index (χ1v) is 5.13. The summed E-state index contributed by atoms with van der Waals surface area (Å²) in [4.78, 5) is 11.1. The number of carbonyl (C=O) groups excluding carboxylic acids is 1. The van der Waals surface area contributed by atoms with Gasteiger partial charge in [0.25, 0.3) is 0 Å². The second kappa shape index (κ2) is 3.29. The van der Waals surface area contributed by atoms with Gasteiger partial charge < -0.3 is 9.84 Å². The van der Waals surface area contributed by atoms with Crippen LogP contribution in [0.2, 0.25) is 0 Å². The molecular formula is C10H16O3. The summed E-state index contributed by atoms with van der Waals surface area (Å²) >= 11 is 0. The molecule has 1 heterocycles. The zero-order valence-electron chi connectivity index (χ0n) is 7.79. The number of esters is 1. The highest BCUT2D eigenvalue weighted by Gasteiger charge is 2.47. The molecule has 1 aliphatic heterocycles. The van der Waals surface area contributed by atoms with Crippen molar-refractivity contribution in [1.29, 1.82) is 0 Å². The van der Waals surface area contributed by atoms with Crippen LogP contribution in [0.3, 0.4) is 0 Å². The molecule has 1 N–H and O–H groups in total. The summed E-state index contributed by atoms with van der Waals surface area (Å²) in [6.45, 7) is 0. The van der Waals surface area contributed by atoms with Crippen molar-refractivity contribution in [2.45, 2.75) is 56.7 Å². The number of hydrogen-bond acceptors (Lipinski definition) is 3. The van der Waals surface area contributed by atoms with Gasteiger partial charge in [0.2, 0.25) is 0 Å². The average Bonchev–Trinajstić information content (AvgIpc) is 2.29. The van der Waals surface area contributed by atoms with E-state index in [1.165, 1.54) is 12.8 Å². The molecule has 0 amide bonds. The summed E-state index contributed by atoms with van der Waals surface area (Å²) in [6.07, 6.45) is 5.88. The Bertz CT molecular complexity index is 204. The lowest BCUT2D eigenvalue weighted by Crippen LogP contribution is -2.38. The molecule has 1 atom stereocenters. The Morgan fingerprint density at radius 1 is 1.23 bits per heavy atom. The molecular weight excluding hydrogens is 168 g/mol. The molecule has 1 saturated heterocycles. The minimum absolute atomic E-state index is 0.194. The van der Waals surface area contributed by atoms with Crippen LogP contribution in [0, 0.1) is 0 Å². The number of ether oxygens (including phenoxy) is 1. The Hall–Kier alpha value is -0.570. The predicted octanol–water partition coefficient (Wildman–Crippen LogP) is 1.39. The van der Waals surface area contributed by atoms with Gasteiger partial charge in [-0.3, -0.25) is 4.79 Å². The molecule has 1 aliphatic carbocycles. The first kappa shape index (κ1) is 9.00. The zero-order chi connectivity index (χ0) is 9.31. The molecule has 0 aromatic carbocycles. The number of aliphatic hydroxyl groups excluding tert-OH is 1. The van der Waals surface area contributed by atoms with E-state index in [-0.39, 0.29) is 12.4 Å². The Morgan fingerprint density at radius 2 is 1.85 bits per heavy atom. The van der Waals surface area contributed by atoms with Gasteiger partial charge in [-0.25, -0.2) is 0 Å². The number of hydrogen-bond donors (Lipinski definition) is 1. The summed E-state index contributed by atoms with van der Waals surface area (Å²) in [7, 11) is 0. The zero-order valence-corrected chi connectivity index (χ0v) is 7.79. The van der Waals surface area contributed by atoms with Crippen LogP contribution in [-0.4, -0.2) is 22.8 Å². The van der Waals surface area contributed by atoms with Gasteiger partial charge in [-0.05, 0) is 25.7 Å². The van der Waals surface area contributed by atoms with Gasteiger partial charge in [0.15, 0.2) is 0 Å². The van der Waals surface area contributed by atoms with Crippen molar-refractivity contribution in [2.75, 3.05) is 0 Å². The van der Waals surface area contributed by atoms with E-state index in [0.717, 1.165) is 25.7 Å². The minimum Gasteiger partial charge on any atom is -0.456 e. The predicted molar refractivity (Wildman–Crippen MR) is 47.1 cm³/mol. The lowest BCUT2D eigenvalue weighted by molar-refractivity contribution is -0.152. The highest BCUT2D eigenvalue weighted by Crippen LogP contribution is 2.38. The Kier molecular flexibility index (Phi) is 2.28. The second-order valence-corrected chi connectivity index (χ2v) is 4.17. The van der Waals surface area contributed by atoms with Gasteiger partial charge in [-0.2, -0.15) is 0 Å². The largest absolute Gasteiger partial charge is 0.456 e. The van der Waals surface area contributed by atoms with Crippen molar-refractivity contribution in [2.24, 2.45) is 0 Å². The summed E-state index contributed by atoms with van der Waals surface area (Å²) in [5.41, 5.74) is -0.506. The second-order valence-electron chi connectivity index (χ2n) is 4.17. The number of aliphatic hydroxyl groups is 1. The molecule has 0 bridgehead atoms. The molecule has 1 unspecified atom stereocenters. The Balaban J connectivity index is 2.12. The van der Waals surface area contributed by atoms with Crippen LogP contribution in [-0.2, 0) is 9.53 Å². The van der Waals surface area contributed by atoms with E-state index in [1.807, 2.05) is 0 Å². The van der Waals surface area contributed by atoms with Crippen molar-refractivity contribution < 1.29 is 14.6 Å². The SMILES string of the molecule is O=C1CC(O)C2(CCCCCC2)O1. The molecule has 0 radical (unpaired) electrons. The van der Waals surface area contributed by atoms with E-state index >= 15 is 0 Å². The van der Waals surface area contributed by atoms with Crippen LogP contribution in [0.4, 0.5) is 0 Å². The molecule has 0 aromatic rings. The Labute approximate surface area is 78.1 Å². The molecule has 13 heavy (non-hydrogen) atoms. The maximum atomic E-state index is 11.1. The van der Waals surface area contributed by atoms with Crippen LogP contribution >= 0.6 is 0 Å². The van der Waals surface area contributed by atoms with Crippen molar-refractivity contribution in [3.05, 3.63) is 0 Å². The van der Waals surface area contributed by atoms with Gasteiger partial charge in [0, 0.05) is 0 Å². The molecule has 2 rings (SSSR count). The summed E-state index contributed by atoms with van der Waals surface area (Å²) in [5, 5.41) is 9.75. The highest BCUT2D eigenvalue weighted by atomic mass is 16.6. The van der Waals surface area contributed by atoms with Gasteiger partial charge in [0.1, 0.15) is 11.7 Å². The van der Waals surface area contributed by atoms with Crippen LogP contribution in [0.1, 0.15) is 44.9 Å². The summed E-state index contributed by atoms with van der Waals surface area (Å²) in [6, 6.07) is 0. The summed E-state index contributed by atoms with van der Waals surface area (Å²) < 4.78 is 5.29. The van der Waals surface area contributed by atoms with Crippen molar-refractivity contribution in [3.8, 4) is 0 Å². The summed E-state index contributed by atoms with van der Waals surface area (Å²) in [5.74, 6) is -0.227. The maximum absolute atomic E-state index is 11.1. The van der Waals surface area contributed by atoms with Gasteiger partial charge in [-0.1, -0.05) is 12.8 Å². The van der Waals surface area contributed by atoms with Gasteiger partial charge in [0.05, 0.1) is 6.42 Å². The van der Waals surface area contributed by atoms with Crippen molar-refractivity contribution in [1.82, 2.24) is 0 Å². The van der Waals surface area contributed by atoms with Crippen LogP contribution in [0.5, 0.6) is 0 Å². The van der Waals surface area contributed by atoms with Gasteiger partial charge >= 0.3 is 5.97 Å². The first-order chi connectivity index (χ1) is 6.23. The first-order valence-electron chi connectivity index (χ1n) is 5.13. The van der Waals surface area contributed by atoms with E-state index < -0.39 is 11.7 Å². The Morgan fingerprint density at radius 3 is 2.31 bits per heavy atom. The topological polar surface area (TPSA) is 46.5 Å². The fourth-order valence-electron chi connectivity index (χ4n) is 2.44. The molecule has 2 fully saturated rings. The fourth-order valence-corrected chi connectivity index (χ4v) is 2.44. The fraction of sp³-hybridized carbons (Fsp3) is 0.900. The molecule has 74 valence electrons. The van der Waals surface area contributed by atoms with E-state index in [9.17, 15) is 9.90 Å². The third-order valence-corrected chi connectivity index (χ3v) is 3.23. The quantitative estimate of drug-likeness (QED) is 0.579. The average molecular weight is 184 g/mol. The lowest BCUT2D eigenvalue weighted by atomic mass is 9.89. The maximum Gasteiger partial charge on any atom is 0.309 e. The normalized spacial score (nSPS) is 33.0. The number of carbonyl (C=O) groups is 1. The lowest BCUT2D eigenvalue weighted by Gasteiger charge is -2.29. The van der Waals surface area contributed by atoms with Crippen LogP contribution in [0.25, 0.3) is 0 Å². The van der Waals surface area contributed by atoms with E-state index in [4.69, 9.17) is 4.74 Å². The minimum atomic E-state index is -0.557. The molecule has 2 aliphatic rings. The standard InChI is InChI=1S/C10H16O3/c11-8-7-9(12)13-10(8)5-3-1-2-4-6-10/h8,11H,1-7H2. The van der Waals surface area contributed by atoms with Crippen molar-refractivity contribution in [3.63, 3.8) is 0 Å². The van der Waals surface area contributed by atoms with Crippen LogP contribution in [0.15, 0.2) is 0 Å². The third kappa shape index (κ3) is 1.57. The monoisotopic (exact) mass is 184 g/mol. The molecule has 3 nitrogen and oxygen atoms in total. The van der Waals surface area contributed by atoms with Gasteiger partial charge in [-0.15, -0.1) is 0 Å². The molecule has 1 spiro atoms. The van der Waals surface area contributed by atoms with Crippen LogP contribution < -0.4 is 0 Å².